The average Bonchev–Trinajstić information content (AvgIpc) is 2.92. The van der Waals surface area contributed by atoms with Crippen LogP contribution in [0.25, 0.3) is 0 Å². The van der Waals surface area contributed by atoms with Crippen molar-refractivity contribution in [1.29, 1.82) is 0 Å². The number of nitrogens with two attached hydrogens (primary N) is 1. The molecule has 2 N–H and O–H groups in total. The van der Waals surface area contributed by atoms with E-state index < -0.39 is 0 Å². The number of benzene rings is 1. The lowest BCUT2D eigenvalue weighted by Crippen LogP contribution is -2.13. The molecule has 3 unspecified atom stereocenters. The minimum Gasteiger partial charge on any atom is -0.490 e. The van der Waals surface area contributed by atoms with E-state index in [1.807, 2.05) is 0 Å². The summed E-state index contributed by atoms with van der Waals surface area (Å²) in [5.41, 5.74) is 11.1. The number of hydrogen-bond donors (Lipinski definition) is 1. The van der Waals surface area contributed by atoms with Crippen molar-refractivity contribution in [3.63, 3.8) is 0 Å². The molecule has 2 aliphatic heterocycles. The Labute approximate surface area is 115 Å². The fourth-order valence-electron chi connectivity index (χ4n) is 3.40. The molecule has 1 aromatic rings. The molecule has 0 saturated heterocycles. The van der Waals surface area contributed by atoms with Crippen molar-refractivity contribution in [2.75, 3.05) is 6.54 Å². The summed E-state index contributed by atoms with van der Waals surface area (Å²) in [4.78, 5) is 0. The number of ether oxygens (including phenoxy) is 2. The molecule has 3 nitrogen and oxygen atoms in total. The Morgan fingerprint density at radius 3 is 2.32 bits per heavy atom. The zero-order valence-corrected chi connectivity index (χ0v) is 12.2. The second-order valence-electron chi connectivity index (χ2n) is 6.06. The summed E-state index contributed by atoms with van der Waals surface area (Å²) >= 11 is 0. The molecule has 0 saturated carbocycles. The highest BCUT2D eigenvalue weighted by Crippen LogP contribution is 2.48. The second-order valence-corrected chi connectivity index (χ2v) is 6.06. The van der Waals surface area contributed by atoms with Crippen molar-refractivity contribution in [2.24, 2.45) is 5.73 Å². The van der Waals surface area contributed by atoms with Gasteiger partial charge < -0.3 is 15.2 Å². The Kier molecular flexibility index (Phi) is 2.97. The molecule has 1 aromatic carbocycles. The molecule has 0 aliphatic carbocycles. The minimum absolute atomic E-state index is 0.261. The predicted octanol–water partition coefficient (Wildman–Crippen LogP) is 2.70. The van der Waals surface area contributed by atoms with Crippen molar-refractivity contribution in [1.82, 2.24) is 0 Å². The van der Waals surface area contributed by atoms with Crippen LogP contribution in [0.15, 0.2) is 0 Å². The number of rotatable bonds is 2. The van der Waals surface area contributed by atoms with E-state index >= 15 is 0 Å². The first kappa shape index (κ1) is 12.8. The number of fused-ring (bicyclic) bond motifs is 2. The molecule has 0 bridgehead atoms. The molecule has 2 heterocycles. The Morgan fingerprint density at radius 2 is 1.68 bits per heavy atom. The van der Waals surface area contributed by atoms with Crippen molar-refractivity contribution < 1.29 is 9.47 Å². The molecule has 0 amide bonds. The quantitative estimate of drug-likeness (QED) is 0.890. The van der Waals surface area contributed by atoms with E-state index in [0.717, 1.165) is 24.3 Å². The van der Waals surface area contributed by atoms with E-state index in [0.29, 0.717) is 12.5 Å². The Hall–Kier alpha value is -1.22. The Bertz CT molecular complexity index is 485. The lowest BCUT2D eigenvalue weighted by molar-refractivity contribution is 0.251. The summed E-state index contributed by atoms with van der Waals surface area (Å²) in [6.45, 7) is 9.25. The van der Waals surface area contributed by atoms with Gasteiger partial charge in [-0.1, -0.05) is 6.92 Å². The maximum Gasteiger partial charge on any atom is 0.127 e. The van der Waals surface area contributed by atoms with Gasteiger partial charge in [0, 0.05) is 29.5 Å². The van der Waals surface area contributed by atoms with Crippen LogP contribution in [0.1, 0.15) is 48.9 Å². The fourth-order valence-corrected chi connectivity index (χ4v) is 3.40. The molecule has 3 rings (SSSR count). The lowest BCUT2D eigenvalue weighted by Gasteiger charge is -2.19. The fraction of sp³-hybridized carbons (Fsp3) is 0.625. The summed E-state index contributed by atoms with van der Waals surface area (Å²) < 4.78 is 12.1. The highest BCUT2D eigenvalue weighted by atomic mass is 16.5. The van der Waals surface area contributed by atoms with E-state index in [9.17, 15) is 0 Å². The minimum atomic E-state index is 0.261. The summed E-state index contributed by atoms with van der Waals surface area (Å²) in [6.07, 6.45) is 2.48. The lowest BCUT2D eigenvalue weighted by atomic mass is 9.87. The van der Waals surface area contributed by atoms with Crippen molar-refractivity contribution in [3.8, 4) is 11.5 Å². The third-order valence-electron chi connectivity index (χ3n) is 4.38. The highest BCUT2D eigenvalue weighted by molar-refractivity contribution is 5.63. The first-order valence-electron chi connectivity index (χ1n) is 7.24. The second kappa shape index (κ2) is 4.41. The maximum atomic E-state index is 6.09. The van der Waals surface area contributed by atoms with Gasteiger partial charge in [0.25, 0.3) is 0 Å². The van der Waals surface area contributed by atoms with Gasteiger partial charge in [0.15, 0.2) is 0 Å². The van der Waals surface area contributed by atoms with E-state index in [2.05, 4.69) is 27.7 Å². The summed E-state index contributed by atoms with van der Waals surface area (Å²) in [7, 11) is 0. The van der Waals surface area contributed by atoms with Crippen LogP contribution in [0.3, 0.4) is 0 Å². The SMILES string of the molecule is Cc1c2c(c(C(C)CN)c3c1OC(C)C3)OC(C)C2. The molecule has 0 spiro atoms. The summed E-state index contributed by atoms with van der Waals surface area (Å²) in [5.74, 6) is 2.51. The zero-order chi connectivity index (χ0) is 13.7. The molecule has 2 aliphatic rings. The van der Waals surface area contributed by atoms with Crippen LogP contribution >= 0.6 is 0 Å². The molecular formula is C16H23NO2. The van der Waals surface area contributed by atoms with E-state index in [4.69, 9.17) is 15.2 Å². The van der Waals surface area contributed by atoms with Crippen LogP contribution in [0.4, 0.5) is 0 Å². The topological polar surface area (TPSA) is 44.5 Å². The monoisotopic (exact) mass is 261 g/mol. The van der Waals surface area contributed by atoms with Gasteiger partial charge in [-0.15, -0.1) is 0 Å². The average molecular weight is 261 g/mol. The molecule has 0 aromatic heterocycles. The molecule has 3 heteroatoms. The van der Waals surface area contributed by atoms with Crippen LogP contribution in [-0.2, 0) is 12.8 Å². The third-order valence-corrected chi connectivity index (χ3v) is 4.38. The van der Waals surface area contributed by atoms with Crippen LogP contribution in [0, 0.1) is 6.92 Å². The van der Waals surface area contributed by atoms with Gasteiger partial charge in [0.05, 0.1) is 0 Å². The first-order chi connectivity index (χ1) is 9.02. The summed E-state index contributed by atoms with van der Waals surface area (Å²) in [6, 6.07) is 0. The standard InChI is InChI=1S/C16H23NO2/c1-8(7-17)14-13-6-10(3)18-15(13)11(4)12-5-9(2)19-16(12)14/h8-10H,5-7,17H2,1-4H3. The Morgan fingerprint density at radius 1 is 1.11 bits per heavy atom. The smallest absolute Gasteiger partial charge is 0.127 e. The van der Waals surface area contributed by atoms with Gasteiger partial charge in [-0.25, -0.2) is 0 Å². The predicted molar refractivity (Wildman–Crippen MR) is 76.2 cm³/mol. The van der Waals surface area contributed by atoms with Crippen LogP contribution < -0.4 is 15.2 Å². The van der Waals surface area contributed by atoms with Gasteiger partial charge in [-0.05, 0) is 38.8 Å². The Balaban J connectivity index is 2.23. The molecular weight excluding hydrogens is 238 g/mol. The van der Waals surface area contributed by atoms with E-state index in [1.165, 1.54) is 22.3 Å². The van der Waals surface area contributed by atoms with Crippen LogP contribution in [0.2, 0.25) is 0 Å². The van der Waals surface area contributed by atoms with Crippen molar-refractivity contribution >= 4 is 0 Å². The molecule has 104 valence electrons. The maximum absolute atomic E-state index is 6.09. The number of hydrogen-bond acceptors (Lipinski definition) is 3. The normalized spacial score (nSPS) is 25.5. The third kappa shape index (κ3) is 1.83. The highest BCUT2D eigenvalue weighted by Gasteiger charge is 2.35. The molecule has 0 fully saturated rings. The first-order valence-corrected chi connectivity index (χ1v) is 7.24. The largest absolute Gasteiger partial charge is 0.490 e. The molecule has 19 heavy (non-hydrogen) atoms. The van der Waals surface area contributed by atoms with Gasteiger partial charge in [-0.3, -0.25) is 0 Å². The van der Waals surface area contributed by atoms with Crippen molar-refractivity contribution in [2.45, 2.75) is 58.7 Å². The van der Waals surface area contributed by atoms with Crippen molar-refractivity contribution in [3.05, 3.63) is 22.3 Å². The van der Waals surface area contributed by atoms with Crippen LogP contribution in [0.5, 0.6) is 11.5 Å². The van der Waals surface area contributed by atoms with Gasteiger partial charge in [0.2, 0.25) is 0 Å². The molecule has 3 atom stereocenters. The van der Waals surface area contributed by atoms with E-state index in [1.54, 1.807) is 0 Å². The van der Waals surface area contributed by atoms with Gasteiger partial charge in [-0.2, -0.15) is 0 Å². The van der Waals surface area contributed by atoms with Gasteiger partial charge >= 0.3 is 0 Å². The van der Waals surface area contributed by atoms with Gasteiger partial charge in [0.1, 0.15) is 23.7 Å². The van der Waals surface area contributed by atoms with Crippen LogP contribution in [-0.4, -0.2) is 18.8 Å². The zero-order valence-electron chi connectivity index (χ0n) is 12.2. The van der Waals surface area contributed by atoms with E-state index in [-0.39, 0.29) is 12.2 Å². The summed E-state index contributed by atoms with van der Waals surface area (Å²) in [5, 5.41) is 0. The molecule has 0 radical (unpaired) electrons.